The molecule has 0 heterocycles. The summed E-state index contributed by atoms with van der Waals surface area (Å²) in [4.78, 5) is 10.3. The predicted molar refractivity (Wildman–Crippen MR) is 77.1 cm³/mol. The van der Waals surface area contributed by atoms with Gasteiger partial charge in [-0.1, -0.05) is 6.07 Å². The fourth-order valence-electron chi connectivity index (χ4n) is 1.97. The third kappa shape index (κ3) is 3.55. The number of benzene rings is 2. The Hall–Kier alpha value is -2.47. The van der Waals surface area contributed by atoms with Crippen LogP contribution in [0.25, 0.3) is 0 Å². The van der Waals surface area contributed by atoms with Gasteiger partial charge in [0.1, 0.15) is 11.6 Å². The number of hydrogen-bond acceptors (Lipinski definition) is 4. The third-order valence-electron chi connectivity index (χ3n) is 3.03. The van der Waals surface area contributed by atoms with Crippen molar-refractivity contribution < 1.29 is 14.1 Å². The molecular formula is C15H15FN2O3. The Morgan fingerprint density at radius 3 is 2.67 bits per heavy atom. The van der Waals surface area contributed by atoms with Crippen LogP contribution in [0.15, 0.2) is 36.4 Å². The standard InChI is InChI=1S/C15H15FN2O3/c1-10-7-13(5-3-11(10)9-17-2)21-15-8-12(16)4-6-14(15)18(19)20/h3-8,17H,9H2,1-2H3. The van der Waals surface area contributed by atoms with E-state index in [-0.39, 0.29) is 11.4 Å². The highest BCUT2D eigenvalue weighted by Crippen LogP contribution is 2.32. The van der Waals surface area contributed by atoms with Crippen LogP contribution in [-0.2, 0) is 6.54 Å². The lowest BCUT2D eigenvalue weighted by atomic mass is 10.1. The highest BCUT2D eigenvalue weighted by atomic mass is 19.1. The van der Waals surface area contributed by atoms with E-state index >= 15 is 0 Å². The van der Waals surface area contributed by atoms with E-state index in [1.807, 2.05) is 20.0 Å². The van der Waals surface area contributed by atoms with E-state index in [0.717, 1.165) is 29.3 Å². The van der Waals surface area contributed by atoms with E-state index in [2.05, 4.69) is 5.32 Å². The second-order valence-corrected chi connectivity index (χ2v) is 4.59. The van der Waals surface area contributed by atoms with Gasteiger partial charge in [-0.25, -0.2) is 4.39 Å². The van der Waals surface area contributed by atoms with Gasteiger partial charge in [0.05, 0.1) is 4.92 Å². The molecule has 0 unspecified atom stereocenters. The molecule has 0 bridgehead atoms. The summed E-state index contributed by atoms with van der Waals surface area (Å²) in [5.74, 6) is -0.263. The van der Waals surface area contributed by atoms with Crippen molar-refractivity contribution in [1.29, 1.82) is 0 Å². The lowest BCUT2D eigenvalue weighted by Gasteiger charge is -2.10. The van der Waals surface area contributed by atoms with E-state index in [0.29, 0.717) is 12.3 Å². The van der Waals surface area contributed by atoms with Crippen molar-refractivity contribution >= 4 is 5.69 Å². The van der Waals surface area contributed by atoms with Crippen molar-refractivity contribution in [1.82, 2.24) is 5.32 Å². The van der Waals surface area contributed by atoms with E-state index in [1.165, 1.54) is 0 Å². The van der Waals surface area contributed by atoms with Gasteiger partial charge in [0.25, 0.3) is 0 Å². The lowest BCUT2D eigenvalue weighted by molar-refractivity contribution is -0.385. The molecule has 6 heteroatoms. The molecule has 0 fully saturated rings. The smallest absolute Gasteiger partial charge is 0.311 e. The first kappa shape index (κ1) is 14.9. The summed E-state index contributed by atoms with van der Waals surface area (Å²) in [7, 11) is 1.85. The minimum atomic E-state index is -0.600. The molecular weight excluding hydrogens is 275 g/mol. The Bertz CT molecular complexity index is 674. The van der Waals surface area contributed by atoms with Gasteiger partial charge in [0.2, 0.25) is 5.75 Å². The molecule has 0 aliphatic rings. The summed E-state index contributed by atoms with van der Waals surface area (Å²) in [6.45, 7) is 2.63. The van der Waals surface area contributed by atoms with Crippen LogP contribution in [0.2, 0.25) is 0 Å². The Labute approximate surface area is 121 Å². The summed E-state index contributed by atoms with van der Waals surface area (Å²) in [5.41, 5.74) is 1.81. The topological polar surface area (TPSA) is 64.4 Å². The van der Waals surface area contributed by atoms with Crippen LogP contribution in [0.5, 0.6) is 11.5 Å². The molecule has 5 nitrogen and oxygen atoms in total. The van der Waals surface area contributed by atoms with Crippen molar-refractivity contribution in [3.8, 4) is 11.5 Å². The number of nitro benzene ring substituents is 1. The first-order valence-corrected chi connectivity index (χ1v) is 6.37. The number of nitro groups is 1. The third-order valence-corrected chi connectivity index (χ3v) is 3.03. The summed E-state index contributed by atoms with van der Waals surface area (Å²) >= 11 is 0. The van der Waals surface area contributed by atoms with E-state index in [9.17, 15) is 14.5 Å². The van der Waals surface area contributed by atoms with Crippen molar-refractivity contribution in [2.24, 2.45) is 0 Å². The Kier molecular flexibility index (Phi) is 4.49. The molecule has 0 saturated heterocycles. The zero-order chi connectivity index (χ0) is 15.4. The molecule has 0 amide bonds. The van der Waals surface area contributed by atoms with Gasteiger partial charge in [-0.15, -0.1) is 0 Å². The molecule has 0 spiro atoms. The molecule has 0 aliphatic carbocycles. The van der Waals surface area contributed by atoms with E-state index in [1.54, 1.807) is 12.1 Å². The fourth-order valence-corrected chi connectivity index (χ4v) is 1.97. The maximum absolute atomic E-state index is 13.2. The van der Waals surface area contributed by atoms with Crippen LogP contribution in [-0.4, -0.2) is 12.0 Å². The quantitative estimate of drug-likeness (QED) is 0.675. The molecule has 0 atom stereocenters. The monoisotopic (exact) mass is 290 g/mol. The number of aryl methyl sites for hydroxylation is 1. The second-order valence-electron chi connectivity index (χ2n) is 4.59. The van der Waals surface area contributed by atoms with Gasteiger partial charge in [-0.05, 0) is 43.3 Å². The maximum atomic E-state index is 13.2. The minimum Gasteiger partial charge on any atom is -0.450 e. The number of nitrogens with one attached hydrogen (secondary N) is 1. The van der Waals surface area contributed by atoms with Crippen molar-refractivity contribution in [3.05, 3.63) is 63.5 Å². The van der Waals surface area contributed by atoms with Crippen LogP contribution in [0.3, 0.4) is 0 Å². The molecule has 0 saturated carbocycles. The van der Waals surface area contributed by atoms with E-state index in [4.69, 9.17) is 4.74 Å². The Morgan fingerprint density at radius 1 is 1.29 bits per heavy atom. The van der Waals surface area contributed by atoms with Crippen LogP contribution >= 0.6 is 0 Å². The molecule has 110 valence electrons. The molecule has 2 aromatic carbocycles. The summed E-state index contributed by atoms with van der Waals surface area (Å²) in [6.07, 6.45) is 0. The average Bonchev–Trinajstić information content (AvgIpc) is 2.42. The van der Waals surface area contributed by atoms with Crippen molar-refractivity contribution in [3.63, 3.8) is 0 Å². The number of hydrogen-bond donors (Lipinski definition) is 1. The first-order valence-electron chi connectivity index (χ1n) is 6.37. The van der Waals surface area contributed by atoms with Crippen LogP contribution in [0.1, 0.15) is 11.1 Å². The summed E-state index contributed by atoms with van der Waals surface area (Å²) < 4.78 is 18.7. The average molecular weight is 290 g/mol. The number of rotatable bonds is 5. The molecule has 1 N–H and O–H groups in total. The van der Waals surface area contributed by atoms with Crippen LogP contribution < -0.4 is 10.1 Å². The second kappa shape index (κ2) is 6.32. The van der Waals surface area contributed by atoms with Gasteiger partial charge >= 0.3 is 5.69 Å². The summed E-state index contributed by atoms with van der Waals surface area (Å²) in [5, 5.41) is 14.0. The van der Waals surface area contributed by atoms with Gasteiger partial charge in [0, 0.05) is 18.7 Å². The Morgan fingerprint density at radius 2 is 2.05 bits per heavy atom. The van der Waals surface area contributed by atoms with Crippen LogP contribution in [0, 0.1) is 22.9 Å². The lowest BCUT2D eigenvalue weighted by Crippen LogP contribution is -2.06. The van der Waals surface area contributed by atoms with E-state index < -0.39 is 10.7 Å². The number of nitrogens with zero attached hydrogens (tertiary/aromatic N) is 1. The fraction of sp³-hybridized carbons (Fsp3) is 0.200. The normalized spacial score (nSPS) is 10.4. The molecule has 21 heavy (non-hydrogen) atoms. The molecule has 0 aromatic heterocycles. The van der Waals surface area contributed by atoms with Gasteiger partial charge < -0.3 is 10.1 Å². The number of halogens is 1. The number of ether oxygens (including phenoxy) is 1. The SMILES string of the molecule is CNCc1ccc(Oc2cc(F)ccc2[N+](=O)[O-])cc1C. The largest absolute Gasteiger partial charge is 0.450 e. The highest BCUT2D eigenvalue weighted by Gasteiger charge is 2.16. The van der Waals surface area contributed by atoms with Gasteiger partial charge in [0.15, 0.2) is 0 Å². The maximum Gasteiger partial charge on any atom is 0.311 e. The highest BCUT2D eigenvalue weighted by molar-refractivity contribution is 5.49. The summed E-state index contributed by atoms with van der Waals surface area (Å²) in [6, 6.07) is 8.47. The molecule has 0 aliphatic heterocycles. The molecule has 2 aromatic rings. The van der Waals surface area contributed by atoms with Crippen molar-refractivity contribution in [2.45, 2.75) is 13.5 Å². The zero-order valence-corrected chi connectivity index (χ0v) is 11.7. The minimum absolute atomic E-state index is 0.110. The van der Waals surface area contributed by atoms with Gasteiger partial charge in [-0.2, -0.15) is 0 Å². The zero-order valence-electron chi connectivity index (χ0n) is 11.7. The molecule has 0 radical (unpaired) electrons. The van der Waals surface area contributed by atoms with Gasteiger partial charge in [-0.3, -0.25) is 10.1 Å². The van der Waals surface area contributed by atoms with Crippen molar-refractivity contribution in [2.75, 3.05) is 7.05 Å². The Balaban J connectivity index is 2.32. The van der Waals surface area contributed by atoms with Crippen LogP contribution in [0.4, 0.5) is 10.1 Å². The first-order chi connectivity index (χ1) is 10.0. The molecule has 2 rings (SSSR count). The predicted octanol–water partition coefficient (Wildman–Crippen LogP) is 3.55.